The Kier molecular flexibility index (Phi) is 7.53. The molecule has 2 aromatic carbocycles. The molecule has 1 fully saturated rings. The zero-order valence-electron chi connectivity index (χ0n) is 19.4. The normalized spacial score (nSPS) is 14.9. The fourth-order valence-corrected chi connectivity index (χ4v) is 4.28. The largest absolute Gasteiger partial charge is 0.382 e. The number of hydrogen-bond donors (Lipinski definition) is 2. The summed E-state index contributed by atoms with van der Waals surface area (Å²) in [5.41, 5.74) is 6.12. The molecule has 0 atom stereocenters. The topological polar surface area (TPSA) is 41.1 Å². The zero-order valence-corrected chi connectivity index (χ0v) is 19.4. The van der Waals surface area contributed by atoms with E-state index in [1.165, 1.54) is 12.8 Å². The van der Waals surface area contributed by atoms with Gasteiger partial charge in [0.25, 0.3) is 0 Å². The molecule has 0 aromatic heterocycles. The fraction of sp³-hybridized carbons (Fsp3) is 0.444. The first kappa shape index (κ1) is 23.1. The highest BCUT2D eigenvalue weighted by Gasteiger charge is 2.16. The SMILES string of the molecule is CC/C(=C\c1cc(C)c(-c2ccc(NC3CCCC3)cc2F)cc1C)C(=O)NC(C)C. The first-order chi connectivity index (χ1) is 14.8. The van der Waals surface area contributed by atoms with E-state index in [0.717, 1.165) is 46.4 Å². The predicted octanol–water partition coefficient (Wildman–Crippen LogP) is 6.78. The molecule has 0 unspecified atom stereocenters. The highest BCUT2D eigenvalue weighted by atomic mass is 19.1. The number of rotatable bonds is 7. The van der Waals surface area contributed by atoms with E-state index in [2.05, 4.69) is 10.6 Å². The van der Waals surface area contributed by atoms with Crippen molar-refractivity contribution in [2.24, 2.45) is 0 Å². The minimum Gasteiger partial charge on any atom is -0.382 e. The lowest BCUT2D eigenvalue weighted by Crippen LogP contribution is -2.31. The number of anilines is 1. The van der Waals surface area contributed by atoms with Crippen LogP contribution in [0.1, 0.15) is 69.6 Å². The quantitative estimate of drug-likeness (QED) is 0.483. The van der Waals surface area contributed by atoms with Gasteiger partial charge in [0.15, 0.2) is 0 Å². The van der Waals surface area contributed by atoms with E-state index >= 15 is 4.39 Å². The molecular formula is C27H35FN2O. The van der Waals surface area contributed by atoms with E-state index in [-0.39, 0.29) is 17.8 Å². The van der Waals surface area contributed by atoms with Gasteiger partial charge in [-0.25, -0.2) is 4.39 Å². The molecule has 4 heteroatoms. The summed E-state index contributed by atoms with van der Waals surface area (Å²) in [7, 11) is 0. The van der Waals surface area contributed by atoms with Crippen molar-refractivity contribution in [1.29, 1.82) is 0 Å². The molecule has 0 heterocycles. The number of amides is 1. The van der Waals surface area contributed by atoms with Crippen LogP contribution in [0.4, 0.5) is 10.1 Å². The number of benzene rings is 2. The highest BCUT2D eigenvalue weighted by molar-refractivity contribution is 5.98. The van der Waals surface area contributed by atoms with Crippen LogP contribution in [0, 0.1) is 19.7 Å². The number of hydrogen-bond acceptors (Lipinski definition) is 2. The van der Waals surface area contributed by atoms with Crippen molar-refractivity contribution in [2.75, 3.05) is 5.32 Å². The van der Waals surface area contributed by atoms with Gasteiger partial charge in [0.1, 0.15) is 5.82 Å². The maximum Gasteiger partial charge on any atom is 0.247 e. The van der Waals surface area contributed by atoms with E-state index in [9.17, 15) is 4.79 Å². The molecule has 2 N–H and O–H groups in total. The minimum atomic E-state index is -0.209. The Hall–Kier alpha value is -2.62. The third-order valence-corrected chi connectivity index (χ3v) is 6.02. The van der Waals surface area contributed by atoms with Gasteiger partial charge in [-0.15, -0.1) is 0 Å². The van der Waals surface area contributed by atoms with Crippen LogP contribution in [-0.2, 0) is 4.79 Å². The molecule has 1 amide bonds. The standard InChI is InChI=1S/C27H35FN2O/c1-6-20(27(31)29-17(2)3)15-21-13-19(5)25(14-18(21)4)24-12-11-23(16-26(24)28)30-22-9-7-8-10-22/h11-17,22,30H,6-10H2,1-5H3,(H,29,31)/b20-15+. The van der Waals surface area contributed by atoms with Crippen molar-refractivity contribution in [1.82, 2.24) is 5.32 Å². The Balaban J connectivity index is 1.87. The van der Waals surface area contributed by atoms with Gasteiger partial charge < -0.3 is 10.6 Å². The van der Waals surface area contributed by atoms with Crippen molar-refractivity contribution >= 4 is 17.7 Å². The van der Waals surface area contributed by atoms with Crippen LogP contribution in [0.5, 0.6) is 0 Å². The Bertz CT molecular complexity index is 971. The molecule has 2 aromatic rings. The molecule has 1 saturated carbocycles. The Morgan fingerprint density at radius 1 is 1.10 bits per heavy atom. The lowest BCUT2D eigenvalue weighted by atomic mass is 9.93. The molecule has 31 heavy (non-hydrogen) atoms. The van der Waals surface area contributed by atoms with Crippen LogP contribution in [-0.4, -0.2) is 18.0 Å². The summed E-state index contributed by atoms with van der Waals surface area (Å²) in [5, 5.41) is 6.42. The number of aryl methyl sites for hydroxylation is 2. The van der Waals surface area contributed by atoms with Gasteiger partial charge in [-0.05, 0) is 93.5 Å². The molecule has 3 rings (SSSR count). The summed E-state index contributed by atoms with van der Waals surface area (Å²) in [6.45, 7) is 9.90. The summed E-state index contributed by atoms with van der Waals surface area (Å²) in [6, 6.07) is 10.1. The first-order valence-electron chi connectivity index (χ1n) is 11.5. The van der Waals surface area contributed by atoms with E-state index < -0.39 is 0 Å². The molecule has 166 valence electrons. The Labute approximate surface area is 186 Å². The highest BCUT2D eigenvalue weighted by Crippen LogP contribution is 2.32. The maximum absolute atomic E-state index is 15.0. The van der Waals surface area contributed by atoms with Gasteiger partial charge in [0.2, 0.25) is 5.91 Å². The van der Waals surface area contributed by atoms with Gasteiger partial charge in [0.05, 0.1) is 0 Å². The van der Waals surface area contributed by atoms with Crippen molar-refractivity contribution in [3.8, 4) is 11.1 Å². The number of nitrogens with one attached hydrogen (secondary N) is 2. The average molecular weight is 423 g/mol. The number of halogens is 1. The summed E-state index contributed by atoms with van der Waals surface area (Å²) >= 11 is 0. The molecule has 0 aliphatic heterocycles. The Morgan fingerprint density at radius 2 is 1.81 bits per heavy atom. The van der Waals surface area contributed by atoms with E-state index in [4.69, 9.17) is 0 Å². The third-order valence-electron chi connectivity index (χ3n) is 6.02. The van der Waals surface area contributed by atoms with Crippen LogP contribution in [0.15, 0.2) is 35.9 Å². The van der Waals surface area contributed by atoms with Crippen LogP contribution in [0.2, 0.25) is 0 Å². The van der Waals surface area contributed by atoms with Crippen molar-refractivity contribution in [3.05, 3.63) is 58.4 Å². The summed E-state index contributed by atoms with van der Waals surface area (Å²) < 4.78 is 15.0. The lowest BCUT2D eigenvalue weighted by molar-refractivity contribution is -0.118. The maximum atomic E-state index is 15.0. The number of carbonyl (C=O) groups is 1. The molecule has 0 radical (unpaired) electrons. The van der Waals surface area contributed by atoms with E-state index in [1.807, 2.05) is 65.0 Å². The van der Waals surface area contributed by atoms with Gasteiger partial charge >= 0.3 is 0 Å². The van der Waals surface area contributed by atoms with E-state index in [1.54, 1.807) is 6.07 Å². The second-order valence-corrected chi connectivity index (χ2v) is 9.00. The second-order valence-electron chi connectivity index (χ2n) is 9.00. The molecule has 1 aliphatic rings. The fourth-order valence-electron chi connectivity index (χ4n) is 4.28. The van der Waals surface area contributed by atoms with Crippen LogP contribution < -0.4 is 10.6 Å². The molecule has 0 spiro atoms. The van der Waals surface area contributed by atoms with Gasteiger partial charge in [0, 0.05) is 28.9 Å². The van der Waals surface area contributed by atoms with Crippen molar-refractivity contribution in [2.45, 2.75) is 78.8 Å². The van der Waals surface area contributed by atoms with Gasteiger partial charge in [-0.3, -0.25) is 4.79 Å². The van der Waals surface area contributed by atoms with Gasteiger partial charge in [-0.1, -0.05) is 31.9 Å². The smallest absolute Gasteiger partial charge is 0.247 e. The molecule has 0 saturated heterocycles. The van der Waals surface area contributed by atoms with Crippen molar-refractivity contribution < 1.29 is 9.18 Å². The summed E-state index contributed by atoms with van der Waals surface area (Å²) in [5.74, 6) is -0.241. The molecule has 0 bridgehead atoms. The third kappa shape index (κ3) is 5.75. The average Bonchev–Trinajstić information content (AvgIpc) is 3.21. The predicted molar refractivity (Wildman–Crippen MR) is 129 cm³/mol. The van der Waals surface area contributed by atoms with Crippen LogP contribution >= 0.6 is 0 Å². The summed E-state index contributed by atoms with van der Waals surface area (Å²) in [6.07, 6.45) is 7.42. The number of carbonyl (C=O) groups excluding carboxylic acids is 1. The second kappa shape index (κ2) is 10.1. The van der Waals surface area contributed by atoms with Crippen molar-refractivity contribution in [3.63, 3.8) is 0 Å². The summed E-state index contributed by atoms with van der Waals surface area (Å²) in [4.78, 5) is 12.4. The van der Waals surface area contributed by atoms with E-state index in [0.29, 0.717) is 18.0 Å². The first-order valence-corrected chi connectivity index (χ1v) is 11.5. The molecule has 3 nitrogen and oxygen atoms in total. The molecule has 1 aliphatic carbocycles. The zero-order chi connectivity index (χ0) is 22.5. The Morgan fingerprint density at radius 3 is 2.42 bits per heavy atom. The monoisotopic (exact) mass is 422 g/mol. The minimum absolute atomic E-state index is 0.0324. The van der Waals surface area contributed by atoms with Gasteiger partial charge in [-0.2, -0.15) is 0 Å². The van der Waals surface area contributed by atoms with Crippen LogP contribution in [0.3, 0.4) is 0 Å². The lowest BCUT2D eigenvalue weighted by Gasteiger charge is -2.16. The molecular weight excluding hydrogens is 387 g/mol. The van der Waals surface area contributed by atoms with Crippen LogP contribution in [0.25, 0.3) is 17.2 Å².